The zero-order valence-corrected chi connectivity index (χ0v) is 18.7. The van der Waals surface area contributed by atoms with Crippen molar-refractivity contribution in [1.82, 2.24) is 20.2 Å². The Labute approximate surface area is 193 Å². The lowest BCUT2D eigenvalue weighted by Gasteiger charge is -2.09. The molecule has 0 amide bonds. The number of nitrogens with zero attached hydrogens (tertiary/aromatic N) is 4. The normalized spacial score (nSPS) is 11.4. The van der Waals surface area contributed by atoms with E-state index >= 15 is 0 Å². The van der Waals surface area contributed by atoms with Gasteiger partial charge in [-0.3, -0.25) is 0 Å². The van der Waals surface area contributed by atoms with Crippen LogP contribution >= 0.6 is 11.3 Å². The van der Waals surface area contributed by atoms with Crippen molar-refractivity contribution in [3.8, 4) is 27.7 Å². The number of ether oxygens (including phenoxy) is 2. The van der Waals surface area contributed by atoms with Gasteiger partial charge in [0.25, 0.3) is 0 Å². The lowest BCUT2D eigenvalue weighted by Crippen LogP contribution is -1.93. The van der Waals surface area contributed by atoms with Crippen molar-refractivity contribution in [3.05, 3.63) is 83.9 Å². The number of aryl methyl sites for hydroxylation is 1. The molecule has 0 saturated heterocycles. The van der Waals surface area contributed by atoms with E-state index in [1.807, 2.05) is 54.6 Å². The Balaban J connectivity index is 1.48. The average molecular weight is 459 g/mol. The van der Waals surface area contributed by atoms with Crippen LogP contribution in [0.2, 0.25) is 0 Å². The lowest BCUT2D eigenvalue weighted by atomic mass is 10.1. The van der Waals surface area contributed by atoms with E-state index in [9.17, 15) is 4.39 Å². The van der Waals surface area contributed by atoms with E-state index in [1.165, 1.54) is 12.1 Å². The maximum Gasteiger partial charge on any atom is 0.174 e. The van der Waals surface area contributed by atoms with Gasteiger partial charge in [0.1, 0.15) is 17.3 Å². The number of rotatable bonds is 6. The fraction of sp³-hybridized carbons (Fsp3) is 0.0800. The van der Waals surface area contributed by atoms with Crippen molar-refractivity contribution in [2.45, 2.75) is 0 Å². The number of halogens is 1. The zero-order chi connectivity index (χ0) is 22.8. The molecule has 0 unspecified atom stereocenters. The number of thiophene rings is 1. The van der Waals surface area contributed by atoms with E-state index in [2.05, 4.69) is 15.5 Å². The van der Waals surface area contributed by atoms with Gasteiger partial charge in [-0.2, -0.15) is 0 Å². The van der Waals surface area contributed by atoms with Crippen molar-refractivity contribution in [3.63, 3.8) is 0 Å². The predicted molar refractivity (Wildman–Crippen MR) is 128 cm³/mol. The van der Waals surface area contributed by atoms with Crippen LogP contribution in [0.15, 0.2) is 66.7 Å². The molecular weight excluding hydrogens is 439 g/mol. The number of hydrogen-bond acceptors (Lipinski definition) is 6. The maximum atomic E-state index is 13.5. The van der Waals surface area contributed by atoms with E-state index in [-0.39, 0.29) is 5.82 Å². The van der Waals surface area contributed by atoms with E-state index in [0.29, 0.717) is 11.6 Å². The van der Waals surface area contributed by atoms with Gasteiger partial charge in [-0.1, -0.05) is 30.3 Å². The molecule has 3 aromatic carbocycles. The third-order valence-electron chi connectivity index (χ3n) is 5.14. The molecule has 0 atom stereocenters. The minimum Gasteiger partial charge on any atom is -0.497 e. The first-order valence-corrected chi connectivity index (χ1v) is 11.0. The topological polar surface area (TPSA) is 62.1 Å². The third kappa shape index (κ3) is 4.33. The van der Waals surface area contributed by atoms with Crippen LogP contribution in [0, 0.1) is 5.82 Å². The molecule has 6 nitrogen and oxygen atoms in total. The minimum atomic E-state index is -0.273. The maximum absolute atomic E-state index is 13.5. The van der Waals surface area contributed by atoms with Gasteiger partial charge in [-0.15, -0.1) is 16.4 Å². The standard InChI is InChI=1S/C25H19FN4O2S/c1-30-23(27-28-29-30)14-5-16-3-10-19(11-4-16)32-24-21-13-12-20(31-2)15-22(21)33-25(24)17-6-8-18(26)9-7-17/h3-15H,1-2H3/b14-5+. The summed E-state index contributed by atoms with van der Waals surface area (Å²) in [7, 11) is 3.43. The van der Waals surface area contributed by atoms with Gasteiger partial charge in [-0.25, -0.2) is 9.07 Å². The number of hydrogen-bond donors (Lipinski definition) is 0. The molecule has 0 fully saturated rings. The monoisotopic (exact) mass is 458 g/mol. The van der Waals surface area contributed by atoms with Crippen molar-refractivity contribution < 1.29 is 13.9 Å². The smallest absolute Gasteiger partial charge is 0.174 e. The fourth-order valence-electron chi connectivity index (χ4n) is 3.39. The van der Waals surface area contributed by atoms with Crippen LogP contribution in [0.5, 0.6) is 17.2 Å². The van der Waals surface area contributed by atoms with Crippen LogP contribution in [-0.2, 0) is 7.05 Å². The van der Waals surface area contributed by atoms with Gasteiger partial charge in [0.15, 0.2) is 11.6 Å². The highest BCUT2D eigenvalue weighted by Gasteiger charge is 2.17. The van der Waals surface area contributed by atoms with Crippen molar-refractivity contribution in [2.24, 2.45) is 7.05 Å². The highest BCUT2D eigenvalue weighted by molar-refractivity contribution is 7.22. The van der Waals surface area contributed by atoms with Gasteiger partial charge in [0.2, 0.25) is 0 Å². The summed E-state index contributed by atoms with van der Waals surface area (Å²) in [6.07, 6.45) is 3.79. The summed E-state index contributed by atoms with van der Waals surface area (Å²) in [6.45, 7) is 0. The molecule has 33 heavy (non-hydrogen) atoms. The van der Waals surface area contributed by atoms with Crippen LogP contribution in [-0.4, -0.2) is 27.3 Å². The second kappa shape index (κ2) is 8.84. The van der Waals surface area contributed by atoms with Crippen LogP contribution < -0.4 is 9.47 Å². The number of aromatic nitrogens is 4. The minimum absolute atomic E-state index is 0.273. The molecule has 0 spiro atoms. The van der Waals surface area contributed by atoms with E-state index in [1.54, 1.807) is 42.3 Å². The molecule has 0 N–H and O–H groups in total. The molecule has 0 aliphatic rings. The number of fused-ring (bicyclic) bond motifs is 1. The van der Waals surface area contributed by atoms with E-state index in [0.717, 1.165) is 37.6 Å². The largest absolute Gasteiger partial charge is 0.497 e. The Kier molecular flexibility index (Phi) is 5.58. The Hall–Kier alpha value is -4.04. The molecule has 5 aromatic rings. The molecule has 2 aromatic heterocycles. The number of tetrazole rings is 1. The molecule has 0 saturated carbocycles. The molecule has 164 valence electrons. The summed E-state index contributed by atoms with van der Waals surface area (Å²) in [5, 5.41) is 12.4. The van der Waals surface area contributed by atoms with E-state index < -0.39 is 0 Å². The second-order valence-corrected chi connectivity index (χ2v) is 8.35. The Morgan fingerprint density at radius 1 is 0.939 bits per heavy atom. The molecule has 2 heterocycles. The molecular formula is C25H19FN4O2S. The van der Waals surface area contributed by atoms with E-state index in [4.69, 9.17) is 9.47 Å². The summed E-state index contributed by atoms with van der Waals surface area (Å²) in [6, 6.07) is 20.1. The molecule has 0 radical (unpaired) electrons. The Morgan fingerprint density at radius 3 is 2.39 bits per heavy atom. The van der Waals surface area contributed by atoms with Crippen molar-refractivity contribution >= 4 is 33.6 Å². The van der Waals surface area contributed by atoms with Gasteiger partial charge in [0, 0.05) is 17.1 Å². The Morgan fingerprint density at radius 2 is 1.70 bits per heavy atom. The zero-order valence-electron chi connectivity index (χ0n) is 17.9. The highest BCUT2D eigenvalue weighted by atomic mass is 32.1. The third-order valence-corrected chi connectivity index (χ3v) is 6.32. The van der Waals surface area contributed by atoms with Crippen LogP contribution in [0.4, 0.5) is 4.39 Å². The summed E-state index contributed by atoms with van der Waals surface area (Å²) in [5.74, 6) is 2.60. The fourth-order valence-corrected chi connectivity index (χ4v) is 4.55. The van der Waals surface area contributed by atoms with Gasteiger partial charge < -0.3 is 9.47 Å². The first kappa shape index (κ1) is 20.8. The molecule has 0 aliphatic carbocycles. The Bertz CT molecular complexity index is 1440. The van der Waals surface area contributed by atoms with Gasteiger partial charge >= 0.3 is 0 Å². The molecule has 0 bridgehead atoms. The van der Waals surface area contributed by atoms with Crippen LogP contribution in [0.25, 0.3) is 32.7 Å². The lowest BCUT2D eigenvalue weighted by molar-refractivity contribution is 0.415. The average Bonchev–Trinajstić information content (AvgIpc) is 3.41. The van der Waals surface area contributed by atoms with Crippen LogP contribution in [0.3, 0.4) is 0 Å². The van der Waals surface area contributed by atoms with Crippen LogP contribution in [0.1, 0.15) is 11.4 Å². The van der Waals surface area contributed by atoms with Crippen molar-refractivity contribution in [2.75, 3.05) is 7.11 Å². The molecule has 5 rings (SSSR count). The first-order valence-electron chi connectivity index (χ1n) is 10.2. The summed E-state index contributed by atoms with van der Waals surface area (Å²) in [4.78, 5) is 0.928. The van der Waals surface area contributed by atoms with Gasteiger partial charge in [-0.05, 0) is 70.1 Å². The predicted octanol–water partition coefficient (Wildman–Crippen LogP) is 6.20. The molecule has 8 heteroatoms. The molecule has 0 aliphatic heterocycles. The summed E-state index contributed by atoms with van der Waals surface area (Å²) in [5.41, 5.74) is 1.88. The quantitative estimate of drug-likeness (QED) is 0.303. The van der Waals surface area contributed by atoms with Crippen molar-refractivity contribution in [1.29, 1.82) is 0 Å². The summed E-state index contributed by atoms with van der Waals surface area (Å²) >= 11 is 1.58. The highest BCUT2D eigenvalue weighted by Crippen LogP contribution is 2.47. The second-order valence-electron chi connectivity index (χ2n) is 7.29. The SMILES string of the molecule is COc1ccc2c(Oc3ccc(/C=C/c4nnnn4C)cc3)c(-c3ccc(F)cc3)sc2c1. The first-order chi connectivity index (χ1) is 16.1. The van der Waals surface area contributed by atoms with Gasteiger partial charge in [0.05, 0.1) is 12.0 Å². The number of methoxy groups -OCH3 is 1. The summed E-state index contributed by atoms with van der Waals surface area (Å²) < 4.78 is 27.9. The number of benzene rings is 3.